The highest BCUT2D eigenvalue weighted by atomic mass is 16.3. The normalized spacial score (nSPS) is 12.4. The third-order valence-corrected chi connectivity index (χ3v) is 3.66. The predicted octanol–water partition coefficient (Wildman–Crippen LogP) is 3.30. The van der Waals surface area contributed by atoms with Gasteiger partial charge in [0.1, 0.15) is 6.04 Å². The van der Waals surface area contributed by atoms with Crippen molar-refractivity contribution >= 4 is 28.4 Å². The number of H-pyrrole nitrogens is 1. The number of nitrogens with zero attached hydrogens (tertiary/aromatic N) is 2. The molecule has 0 fully saturated rings. The van der Waals surface area contributed by atoms with E-state index in [0.717, 1.165) is 0 Å². The molecule has 0 aliphatic carbocycles. The van der Waals surface area contributed by atoms with Gasteiger partial charge in [-0.1, -0.05) is 36.4 Å². The van der Waals surface area contributed by atoms with Crippen molar-refractivity contribution in [2.45, 2.75) is 13.0 Å². The molecule has 2 aromatic carbocycles. The number of fused-ring (bicyclic) bond motifs is 1. The Kier molecular flexibility index (Phi) is 4.56. The van der Waals surface area contributed by atoms with Gasteiger partial charge in [-0.05, 0) is 25.1 Å². The largest absolute Gasteiger partial charge is 0.493 e. The Morgan fingerprint density at radius 3 is 2.52 bits per heavy atom. The van der Waals surface area contributed by atoms with Gasteiger partial charge in [0.25, 0.3) is 11.8 Å². The summed E-state index contributed by atoms with van der Waals surface area (Å²) in [5.74, 6) is -1.15. The second-order valence-electron chi connectivity index (χ2n) is 5.47. The van der Waals surface area contributed by atoms with E-state index in [1.807, 2.05) is 6.07 Å². The van der Waals surface area contributed by atoms with Crippen LogP contribution in [0.5, 0.6) is 5.88 Å². The van der Waals surface area contributed by atoms with Crippen LogP contribution in [0.15, 0.2) is 64.8 Å². The fraction of sp³-hybridized carbons (Fsp3) is 0.111. The molecule has 7 nitrogen and oxygen atoms in total. The first-order valence-corrected chi connectivity index (χ1v) is 7.67. The zero-order valence-electron chi connectivity index (χ0n) is 13.4. The molecule has 0 bridgehead atoms. The number of nitrogens with one attached hydrogen (secondary N) is 2. The van der Waals surface area contributed by atoms with Crippen LogP contribution in [-0.4, -0.2) is 27.9 Å². The van der Waals surface area contributed by atoms with Crippen LogP contribution < -0.4 is 5.32 Å². The minimum Gasteiger partial charge on any atom is -0.493 e. The van der Waals surface area contributed by atoms with Gasteiger partial charge in [0.15, 0.2) is 5.69 Å². The summed E-state index contributed by atoms with van der Waals surface area (Å²) in [5.41, 5.74) is 1.32. The summed E-state index contributed by atoms with van der Waals surface area (Å²) in [7, 11) is 0. The van der Waals surface area contributed by atoms with Crippen molar-refractivity contribution in [1.82, 2.24) is 10.3 Å². The van der Waals surface area contributed by atoms with Crippen LogP contribution in [0.3, 0.4) is 0 Å². The molecule has 0 aliphatic heterocycles. The maximum atomic E-state index is 12.1. The molecule has 1 atom stereocenters. The molecule has 0 saturated carbocycles. The molecule has 126 valence electrons. The first-order chi connectivity index (χ1) is 12.1. The quantitative estimate of drug-likeness (QED) is 0.636. The zero-order valence-corrected chi connectivity index (χ0v) is 13.4. The number of aromatic amines is 1. The summed E-state index contributed by atoms with van der Waals surface area (Å²) in [6.07, 6.45) is 0. The lowest BCUT2D eigenvalue weighted by Gasteiger charge is -2.09. The van der Waals surface area contributed by atoms with E-state index in [-0.39, 0.29) is 17.5 Å². The van der Waals surface area contributed by atoms with E-state index in [2.05, 4.69) is 20.5 Å². The molecule has 3 rings (SSSR count). The number of carbonyl (C=O) groups is 2. The molecule has 0 unspecified atom stereocenters. The minimum absolute atomic E-state index is 0.168. The molecular weight excluding hydrogens is 320 g/mol. The van der Waals surface area contributed by atoms with E-state index in [0.29, 0.717) is 16.5 Å². The summed E-state index contributed by atoms with van der Waals surface area (Å²) in [6, 6.07) is 14.9. The highest BCUT2D eigenvalue weighted by Crippen LogP contribution is 2.35. The lowest BCUT2D eigenvalue weighted by atomic mass is 10.2. The average Bonchev–Trinajstić information content (AvgIpc) is 2.95. The topological polar surface area (TPSA) is 107 Å². The van der Waals surface area contributed by atoms with Gasteiger partial charge in [0, 0.05) is 10.9 Å². The van der Waals surface area contributed by atoms with Gasteiger partial charge < -0.3 is 15.4 Å². The Hall–Kier alpha value is -3.48. The number of rotatable bonds is 4. The van der Waals surface area contributed by atoms with E-state index in [1.54, 1.807) is 48.5 Å². The van der Waals surface area contributed by atoms with Crippen molar-refractivity contribution in [2.24, 2.45) is 10.2 Å². The van der Waals surface area contributed by atoms with Gasteiger partial charge in [0.05, 0.1) is 5.52 Å². The first kappa shape index (κ1) is 16.4. The number of azo groups is 1. The van der Waals surface area contributed by atoms with Gasteiger partial charge in [-0.15, -0.1) is 10.2 Å². The number of para-hydroxylation sites is 1. The molecule has 3 N–H and O–H groups in total. The Balaban J connectivity index is 1.71. The summed E-state index contributed by atoms with van der Waals surface area (Å²) >= 11 is 0. The minimum atomic E-state index is -0.844. The number of benzene rings is 2. The lowest BCUT2D eigenvalue weighted by Crippen LogP contribution is -2.37. The molecule has 1 aromatic heterocycles. The number of aromatic hydroxyl groups is 1. The number of carbonyl (C=O) groups excluding carboxylic acids is 2. The van der Waals surface area contributed by atoms with E-state index >= 15 is 0 Å². The molecule has 3 aromatic rings. The number of hydrogen-bond acceptors (Lipinski definition) is 4. The maximum Gasteiger partial charge on any atom is 0.286 e. The van der Waals surface area contributed by atoms with Crippen molar-refractivity contribution in [1.29, 1.82) is 0 Å². The van der Waals surface area contributed by atoms with E-state index in [9.17, 15) is 14.7 Å². The standard InChI is InChI=1S/C18H16N4O3/c1-11(19-17(24)12-7-3-2-4-8-12)16(23)22-21-15-13-9-5-6-10-14(13)20-18(15)25/h2-11,20,25H,1H3,(H,19,24)/t11-/m0/s1. The monoisotopic (exact) mass is 336 g/mol. The molecule has 7 heteroatoms. The molecule has 1 heterocycles. The third-order valence-electron chi connectivity index (χ3n) is 3.66. The predicted molar refractivity (Wildman–Crippen MR) is 92.9 cm³/mol. The Morgan fingerprint density at radius 2 is 1.76 bits per heavy atom. The second-order valence-corrected chi connectivity index (χ2v) is 5.47. The Bertz CT molecular complexity index is 947. The van der Waals surface area contributed by atoms with Gasteiger partial charge in [-0.3, -0.25) is 9.59 Å². The second kappa shape index (κ2) is 6.96. The van der Waals surface area contributed by atoms with Crippen molar-refractivity contribution in [3.8, 4) is 5.88 Å². The van der Waals surface area contributed by atoms with E-state index in [4.69, 9.17) is 0 Å². The van der Waals surface area contributed by atoms with Crippen molar-refractivity contribution in [3.63, 3.8) is 0 Å². The zero-order chi connectivity index (χ0) is 17.8. The number of aromatic nitrogens is 1. The SMILES string of the molecule is C[C@H](NC(=O)c1ccccc1)C(=O)N=Nc1c(O)[nH]c2ccccc12. The highest BCUT2D eigenvalue weighted by molar-refractivity contribution is 5.98. The molecular formula is C18H16N4O3. The van der Waals surface area contributed by atoms with Crippen molar-refractivity contribution < 1.29 is 14.7 Å². The van der Waals surface area contributed by atoms with E-state index in [1.165, 1.54) is 6.92 Å². The van der Waals surface area contributed by atoms with Crippen LogP contribution in [-0.2, 0) is 4.79 Å². The first-order valence-electron chi connectivity index (χ1n) is 7.67. The molecule has 25 heavy (non-hydrogen) atoms. The lowest BCUT2D eigenvalue weighted by molar-refractivity contribution is -0.119. The highest BCUT2D eigenvalue weighted by Gasteiger charge is 2.17. The van der Waals surface area contributed by atoms with Crippen LogP contribution in [0, 0.1) is 0 Å². The fourth-order valence-electron chi connectivity index (χ4n) is 2.33. The maximum absolute atomic E-state index is 12.1. The third kappa shape index (κ3) is 3.55. The van der Waals surface area contributed by atoms with Gasteiger partial charge in [-0.2, -0.15) is 0 Å². The molecule has 0 saturated heterocycles. The summed E-state index contributed by atoms with van der Waals surface area (Å²) in [4.78, 5) is 26.9. The number of hydrogen-bond donors (Lipinski definition) is 3. The van der Waals surface area contributed by atoms with Gasteiger partial charge in [-0.25, -0.2) is 0 Å². The fourth-order valence-corrected chi connectivity index (χ4v) is 2.33. The van der Waals surface area contributed by atoms with Crippen LogP contribution in [0.4, 0.5) is 5.69 Å². The van der Waals surface area contributed by atoms with E-state index < -0.39 is 11.9 Å². The summed E-state index contributed by atoms with van der Waals surface area (Å²) in [6.45, 7) is 1.53. The van der Waals surface area contributed by atoms with Crippen LogP contribution in [0.25, 0.3) is 10.9 Å². The van der Waals surface area contributed by atoms with Crippen LogP contribution >= 0.6 is 0 Å². The molecule has 0 aliphatic rings. The molecule has 2 amide bonds. The van der Waals surface area contributed by atoms with Crippen molar-refractivity contribution in [2.75, 3.05) is 0 Å². The smallest absolute Gasteiger partial charge is 0.286 e. The summed E-state index contributed by atoms with van der Waals surface area (Å²) in [5, 5.41) is 20.6. The van der Waals surface area contributed by atoms with Gasteiger partial charge >= 0.3 is 0 Å². The summed E-state index contributed by atoms with van der Waals surface area (Å²) < 4.78 is 0. The Labute approximate surface area is 143 Å². The number of amides is 2. The molecule has 0 spiro atoms. The van der Waals surface area contributed by atoms with Crippen LogP contribution in [0.1, 0.15) is 17.3 Å². The van der Waals surface area contributed by atoms with Crippen molar-refractivity contribution in [3.05, 3.63) is 60.2 Å². The van der Waals surface area contributed by atoms with Crippen LogP contribution in [0.2, 0.25) is 0 Å². The molecule has 0 radical (unpaired) electrons. The van der Waals surface area contributed by atoms with Gasteiger partial charge in [0.2, 0.25) is 5.88 Å². The Morgan fingerprint density at radius 1 is 1.08 bits per heavy atom. The average molecular weight is 336 g/mol.